The molecule has 0 spiro atoms. The maximum absolute atomic E-state index is 12.1. The van der Waals surface area contributed by atoms with Gasteiger partial charge in [0.1, 0.15) is 0 Å². The lowest BCUT2D eigenvalue weighted by atomic mass is 9.87. The lowest BCUT2D eigenvalue weighted by Gasteiger charge is -2.16. The minimum atomic E-state index is 0.227. The fourth-order valence-corrected chi connectivity index (χ4v) is 2.95. The third kappa shape index (κ3) is 2.18. The number of carbonyl (C=O) groups is 1. The molecule has 0 fully saturated rings. The zero-order valence-electron chi connectivity index (χ0n) is 12.5. The van der Waals surface area contributed by atoms with Crippen LogP contribution < -0.4 is 0 Å². The molecule has 1 aliphatic carbocycles. The van der Waals surface area contributed by atoms with Gasteiger partial charge >= 0.3 is 0 Å². The highest BCUT2D eigenvalue weighted by Gasteiger charge is 2.26. The van der Waals surface area contributed by atoms with Crippen LogP contribution in [0.1, 0.15) is 57.0 Å². The van der Waals surface area contributed by atoms with Crippen molar-refractivity contribution in [1.82, 2.24) is 0 Å². The Kier molecular flexibility index (Phi) is 3.75. The van der Waals surface area contributed by atoms with E-state index in [1.165, 1.54) is 22.3 Å². The van der Waals surface area contributed by atoms with Crippen LogP contribution in [0, 0.1) is 5.92 Å². The Bertz CT molecular complexity index is 587. The molecule has 1 heteroatoms. The van der Waals surface area contributed by atoms with Crippen molar-refractivity contribution >= 4 is 11.4 Å². The molecule has 1 aliphatic rings. The van der Waals surface area contributed by atoms with E-state index in [0.29, 0.717) is 12.3 Å². The maximum Gasteiger partial charge on any atom is 0.163 e. The Morgan fingerprint density at radius 3 is 2.26 bits per heavy atom. The first-order chi connectivity index (χ1) is 8.99. The van der Waals surface area contributed by atoms with Crippen LogP contribution in [0.25, 0.3) is 5.57 Å². The van der Waals surface area contributed by atoms with Gasteiger partial charge in [-0.05, 0) is 43.1 Å². The van der Waals surface area contributed by atoms with Gasteiger partial charge in [-0.3, -0.25) is 4.79 Å². The summed E-state index contributed by atoms with van der Waals surface area (Å²) in [6.45, 7) is 10.7. The number of carbonyl (C=O) groups excluding carboxylic acids is 1. The number of hydrogen-bond acceptors (Lipinski definition) is 1. The number of rotatable bonds is 3. The van der Waals surface area contributed by atoms with Crippen LogP contribution in [0.3, 0.4) is 0 Å². The summed E-state index contributed by atoms with van der Waals surface area (Å²) in [6, 6.07) is 8.02. The van der Waals surface area contributed by atoms with Crippen LogP contribution in [0.5, 0.6) is 0 Å². The molecule has 0 radical (unpaired) electrons. The summed E-state index contributed by atoms with van der Waals surface area (Å²) in [7, 11) is 0. The van der Waals surface area contributed by atoms with E-state index >= 15 is 0 Å². The van der Waals surface area contributed by atoms with Gasteiger partial charge < -0.3 is 0 Å². The molecule has 0 bridgehead atoms. The van der Waals surface area contributed by atoms with Gasteiger partial charge in [-0.2, -0.15) is 0 Å². The molecule has 0 aliphatic heterocycles. The Balaban J connectivity index is 2.60. The first kappa shape index (κ1) is 13.8. The van der Waals surface area contributed by atoms with Crippen molar-refractivity contribution in [3.8, 4) is 0 Å². The van der Waals surface area contributed by atoms with Gasteiger partial charge in [-0.15, -0.1) is 0 Å². The molecule has 0 heterocycles. The molecule has 2 rings (SSSR count). The summed E-state index contributed by atoms with van der Waals surface area (Å²) in [5.41, 5.74) is 7.45. The Morgan fingerprint density at radius 2 is 1.74 bits per heavy atom. The molecular formula is C18H22O. The summed E-state index contributed by atoms with van der Waals surface area (Å²) in [4.78, 5) is 12.1. The van der Waals surface area contributed by atoms with Gasteiger partial charge in [0.05, 0.1) is 0 Å². The fraction of sp³-hybridized carbons (Fsp3) is 0.389. The predicted octanol–water partition coefficient (Wildman–Crippen LogP) is 5.04. The molecule has 0 amide bonds. The molecule has 0 N–H and O–H groups in total. The molecule has 1 nitrogen and oxygen atoms in total. The molecule has 1 atom stereocenters. The average molecular weight is 254 g/mol. The van der Waals surface area contributed by atoms with Crippen molar-refractivity contribution in [2.24, 2.45) is 5.92 Å². The molecule has 1 aromatic carbocycles. The Hall–Kier alpha value is -1.63. The van der Waals surface area contributed by atoms with E-state index in [-0.39, 0.29) is 5.78 Å². The third-order valence-corrected chi connectivity index (χ3v) is 4.48. The van der Waals surface area contributed by atoms with Gasteiger partial charge in [0, 0.05) is 17.9 Å². The van der Waals surface area contributed by atoms with Crippen LogP contribution >= 0.6 is 0 Å². The molecule has 1 unspecified atom stereocenters. The molecular weight excluding hydrogens is 232 g/mol. The van der Waals surface area contributed by atoms with E-state index in [0.717, 1.165) is 11.1 Å². The summed E-state index contributed by atoms with van der Waals surface area (Å²) >= 11 is 0. The van der Waals surface area contributed by atoms with Crippen molar-refractivity contribution in [1.29, 1.82) is 0 Å². The van der Waals surface area contributed by atoms with Gasteiger partial charge in [0.25, 0.3) is 0 Å². The largest absolute Gasteiger partial charge is 0.294 e. The zero-order valence-corrected chi connectivity index (χ0v) is 12.5. The summed E-state index contributed by atoms with van der Waals surface area (Å²) in [6.07, 6.45) is 0.559. The maximum atomic E-state index is 12.1. The summed E-state index contributed by atoms with van der Waals surface area (Å²) in [5.74, 6) is 0.635. The van der Waals surface area contributed by atoms with Crippen molar-refractivity contribution in [2.75, 3.05) is 0 Å². The quantitative estimate of drug-likeness (QED) is 0.691. The van der Waals surface area contributed by atoms with Gasteiger partial charge in [-0.1, -0.05) is 43.7 Å². The van der Waals surface area contributed by atoms with Crippen LogP contribution in [0.2, 0.25) is 0 Å². The summed E-state index contributed by atoms with van der Waals surface area (Å²) < 4.78 is 0. The second-order valence-electron chi connectivity index (χ2n) is 5.39. The monoisotopic (exact) mass is 254 g/mol. The number of benzene rings is 1. The minimum Gasteiger partial charge on any atom is -0.294 e. The number of hydrogen-bond donors (Lipinski definition) is 0. The van der Waals surface area contributed by atoms with Crippen molar-refractivity contribution < 1.29 is 4.79 Å². The summed E-state index contributed by atoms with van der Waals surface area (Å²) in [5, 5.41) is 0. The van der Waals surface area contributed by atoms with Gasteiger partial charge in [0.2, 0.25) is 0 Å². The molecule has 0 saturated carbocycles. The fourth-order valence-electron chi connectivity index (χ4n) is 2.95. The van der Waals surface area contributed by atoms with Crippen LogP contribution in [0.4, 0.5) is 0 Å². The van der Waals surface area contributed by atoms with E-state index in [2.05, 4.69) is 33.8 Å². The first-order valence-electron chi connectivity index (χ1n) is 7.00. The highest BCUT2D eigenvalue weighted by molar-refractivity contribution is 6.01. The Morgan fingerprint density at radius 1 is 1.11 bits per heavy atom. The molecule has 1 aromatic rings. The highest BCUT2D eigenvalue weighted by Crippen LogP contribution is 2.43. The molecule has 19 heavy (non-hydrogen) atoms. The van der Waals surface area contributed by atoms with Crippen molar-refractivity contribution in [3.63, 3.8) is 0 Å². The van der Waals surface area contributed by atoms with Crippen LogP contribution in [-0.2, 0) is 0 Å². The van der Waals surface area contributed by atoms with Gasteiger partial charge in [-0.25, -0.2) is 0 Å². The second-order valence-corrected chi connectivity index (χ2v) is 5.39. The lowest BCUT2D eigenvalue weighted by molar-refractivity contribution is 0.0988. The molecule has 0 saturated heterocycles. The lowest BCUT2D eigenvalue weighted by Crippen LogP contribution is -2.05. The van der Waals surface area contributed by atoms with E-state index in [1.807, 2.05) is 25.1 Å². The third-order valence-electron chi connectivity index (χ3n) is 4.48. The van der Waals surface area contributed by atoms with E-state index < -0.39 is 0 Å². The number of allylic oxidation sites excluding steroid dienone is 4. The Labute approximate surface area is 116 Å². The smallest absolute Gasteiger partial charge is 0.163 e. The minimum absolute atomic E-state index is 0.227. The van der Waals surface area contributed by atoms with Crippen molar-refractivity contribution in [3.05, 3.63) is 52.1 Å². The van der Waals surface area contributed by atoms with Crippen molar-refractivity contribution in [2.45, 2.75) is 41.0 Å². The van der Waals surface area contributed by atoms with Crippen LogP contribution in [0.15, 0.2) is 41.0 Å². The standard InChI is InChI=1S/C18H22O/c1-6-17(19)15-9-7-8-10-16(15)18-13(4)11(2)12(3)14(18)5/h7-10,13H,6H2,1-5H3. The topological polar surface area (TPSA) is 17.1 Å². The SMILES string of the molecule is CCC(=O)c1ccccc1C1=C(C)C(C)=C(C)C1C. The zero-order chi connectivity index (χ0) is 14.2. The number of Topliss-reactive ketones (excluding diaryl/α,β-unsaturated/α-hetero) is 1. The average Bonchev–Trinajstić information content (AvgIpc) is 2.62. The predicted molar refractivity (Wildman–Crippen MR) is 81.2 cm³/mol. The van der Waals surface area contributed by atoms with Crippen LogP contribution in [-0.4, -0.2) is 5.78 Å². The molecule has 100 valence electrons. The first-order valence-corrected chi connectivity index (χ1v) is 7.00. The van der Waals surface area contributed by atoms with E-state index in [1.54, 1.807) is 0 Å². The highest BCUT2D eigenvalue weighted by atomic mass is 16.1. The van der Waals surface area contributed by atoms with E-state index in [9.17, 15) is 4.79 Å². The normalized spacial score (nSPS) is 19.3. The van der Waals surface area contributed by atoms with Gasteiger partial charge in [0.15, 0.2) is 5.78 Å². The molecule has 0 aromatic heterocycles. The number of ketones is 1. The second kappa shape index (κ2) is 5.16. The van der Waals surface area contributed by atoms with E-state index in [4.69, 9.17) is 0 Å².